The van der Waals surface area contributed by atoms with Gasteiger partial charge in [-0.15, -0.1) is 0 Å². The quantitative estimate of drug-likeness (QED) is 0.444. The Morgan fingerprint density at radius 3 is 2.07 bits per heavy atom. The second-order valence-corrected chi connectivity index (χ2v) is 4.81. The summed E-state index contributed by atoms with van der Waals surface area (Å²) in [5.41, 5.74) is 0. The molecular weight excluding hydrogens is 168 g/mol. The van der Waals surface area contributed by atoms with E-state index in [0.29, 0.717) is 5.92 Å². The van der Waals surface area contributed by atoms with Crippen molar-refractivity contribution in [2.24, 2.45) is 11.8 Å². The molecule has 0 amide bonds. The summed E-state index contributed by atoms with van der Waals surface area (Å²) in [6, 6.07) is 0. The largest absolute Gasteiger partial charge is 0.0654 e. The van der Waals surface area contributed by atoms with Gasteiger partial charge in [-0.3, -0.25) is 0 Å². The van der Waals surface area contributed by atoms with Crippen molar-refractivity contribution in [3.63, 3.8) is 0 Å². The Morgan fingerprint density at radius 2 is 1.50 bits per heavy atom. The fourth-order valence-corrected chi connectivity index (χ4v) is 1.83. The van der Waals surface area contributed by atoms with Crippen LogP contribution in [0.4, 0.5) is 0 Å². The van der Waals surface area contributed by atoms with Crippen LogP contribution in [0.25, 0.3) is 0 Å². The van der Waals surface area contributed by atoms with Crippen molar-refractivity contribution in [3.05, 3.63) is 6.92 Å². The van der Waals surface area contributed by atoms with Crippen LogP contribution in [0.15, 0.2) is 0 Å². The van der Waals surface area contributed by atoms with Crippen molar-refractivity contribution >= 4 is 0 Å². The van der Waals surface area contributed by atoms with Crippen LogP contribution in [0.5, 0.6) is 0 Å². The van der Waals surface area contributed by atoms with Crippen molar-refractivity contribution < 1.29 is 0 Å². The molecule has 0 aromatic carbocycles. The minimum Gasteiger partial charge on any atom is -0.0654 e. The van der Waals surface area contributed by atoms with Gasteiger partial charge < -0.3 is 0 Å². The summed E-state index contributed by atoms with van der Waals surface area (Å²) in [5, 5.41) is 0. The van der Waals surface area contributed by atoms with Crippen LogP contribution >= 0.6 is 0 Å². The molecule has 0 aromatic rings. The number of unbranched alkanes of at least 4 members (excludes halogenated alkanes) is 2. The van der Waals surface area contributed by atoms with E-state index in [4.69, 9.17) is 0 Å². The SMILES string of the molecule is [CH2]C(CC)CCCCC(C)CCCC. The fraction of sp³-hybridized carbons (Fsp3) is 0.929. The first-order chi connectivity index (χ1) is 6.70. The van der Waals surface area contributed by atoms with Crippen molar-refractivity contribution in [2.75, 3.05) is 0 Å². The average Bonchev–Trinajstić information content (AvgIpc) is 2.21. The molecule has 0 bridgehead atoms. The zero-order chi connectivity index (χ0) is 10.8. The summed E-state index contributed by atoms with van der Waals surface area (Å²) < 4.78 is 0. The smallest absolute Gasteiger partial charge is 0.0417 e. The molecular formula is C14H29. The fourth-order valence-electron chi connectivity index (χ4n) is 1.83. The first-order valence-electron chi connectivity index (χ1n) is 6.53. The van der Waals surface area contributed by atoms with Gasteiger partial charge in [0, 0.05) is 0 Å². The highest BCUT2D eigenvalue weighted by Crippen LogP contribution is 2.18. The van der Waals surface area contributed by atoms with E-state index in [9.17, 15) is 0 Å². The van der Waals surface area contributed by atoms with E-state index in [1.165, 1.54) is 51.4 Å². The Kier molecular flexibility index (Phi) is 9.55. The zero-order valence-corrected chi connectivity index (χ0v) is 10.5. The first kappa shape index (κ1) is 14.0. The van der Waals surface area contributed by atoms with E-state index in [1.807, 2.05) is 0 Å². The third-order valence-corrected chi connectivity index (χ3v) is 3.19. The molecule has 0 aliphatic rings. The van der Waals surface area contributed by atoms with Gasteiger partial charge in [-0.1, -0.05) is 79.1 Å². The van der Waals surface area contributed by atoms with Crippen molar-refractivity contribution in [1.82, 2.24) is 0 Å². The highest BCUT2D eigenvalue weighted by molar-refractivity contribution is 4.60. The van der Waals surface area contributed by atoms with E-state index >= 15 is 0 Å². The molecule has 0 aromatic heterocycles. The van der Waals surface area contributed by atoms with Gasteiger partial charge in [0.15, 0.2) is 0 Å². The molecule has 0 saturated carbocycles. The van der Waals surface area contributed by atoms with Crippen LogP contribution in [0.3, 0.4) is 0 Å². The summed E-state index contributed by atoms with van der Waals surface area (Å²) >= 11 is 0. The molecule has 0 aliphatic heterocycles. The van der Waals surface area contributed by atoms with Crippen LogP contribution in [0.2, 0.25) is 0 Å². The third kappa shape index (κ3) is 8.59. The average molecular weight is 197 g/mol. The number of hydrogen-bond donors (Lipinski definition) is 0. The maximum atomic E-state index is 4.12. The maximum absolute atomic E-state index is 4.12. The number of hydrogen-bond acceptors (Lipinski definition) is 0. The molecule has 2 atom stereocenters. The van der Waals surface area contributed by atoms with Gasteiger partial charge in [0.25, 0.3) is 0 Å². The van der Waals surface area contributed by atoms with E-state index < -0.39 is 0 Å². The van der Waals surface area contributed by atoms with E-state index in [1.54, 1.807) is 0 Å². The van der Waals surface area contributed by atoms with Crippen LogP contribution in [-0.2, 0) is 0 Å². The highest BCUT2D eigenvalue weighted by atomic mass is 14.1. The predicted molar refractivity (Wildman–Crippen MR) is 66.3 cm³/mol. The van der Waals surface area contributed by atoms with Crippen molar-refractivity contribution in [2.45, 2.75) is 72.1 Å². The van der Waals surface area contributed by atoms with Crippen LogP contribution in [0, 0.1) is 18.8 Å². The Balaban J connectivity index is 3.18. The lowest BCUT2D eigenvalue weighted by molar-refractivity contribution is 0.430. The van der Waals surface area contributed by atoms with E-state index in [2.05, 4.69) is 27.7 Å². The molecule has 0 heteroatoms. The van der Waals surface area contributed by atoms with Gasteiger partial charge in [0.1, 0.15) is 0 Å². The van der Waals surface area contributed by atoms with Crippen LogP contribution in [0.1, 0.15) is 72.1 Å². The van der Waals surface area contributed by atoms with Gasteiger partial charge in [-0.05, 0) is 11.8 Å². The minimum absolute atomic E-state index is 0.695. The maximum Gasteiger partial charge on any atom is -0.0417 e. The van der Waals surface area contributed by atoms with Gasteiger partial charge in [0.05, 0.1) is 0 Å². The van der Waals surface area contributed by atoms with Crippen LogP contribution < -0.4 is 0 Å². The monoisotopic (exact) mass is 197 g/mol. The normalized spacial score (nSPS) is 15.4. The van der Waals surface area contributed by atoms with E-state index in [0.717, 1.165) is 5.92 Å². The minimum atomic E-state index is 0.695. The zero-order valence-electron chi connectivity index (χ0n) is 10.5. The Labute approximate surface area is 91.5 Å². The molecule has 1 radical (unpaired) electrons. The molecule has 0 saturated heterocycles. The summed E-state index contributed by atoms with van der Waals surface area (Å²) in [5.74, 6) is 1.64. The predicted octanol–water partition coefficient (Wildman–Crippen LogP) is 5.23. The molecule has 0 nitrogen and oxygen atoms in total. The summed E-state index contributed by atoms with van der Waals surface area (Å²) in [6.07, 6.45) is 11.0. The lowest BCUT2D eigenvalue weighted by Gasteiger charge is -2.11. The topological polar surface area (TPSA) is 0 Å². The molecule has 85 valence electrons. The Bertz CT molecular complexity index is 107. The van der Waals surface area contributed by atoms with E-state index in [-0.39, 0.29) is 0 Å². The standard InChI is InChI=1S/C14H29/c1-5-7-10-14(4)12-9-8-11-13(3)6-2/h13-14H,3,5-12H2,1-2,4H3. The number of rotatable bonds is 9. The molecule has 14 heavy (non-hydrogen) atoms. The lowest BCUT2D eigenvalue weighted by atomic mass is 9.95. The van der Waals surface area contributed by atoms with Gasteiger partial charge in [-0.25, -0.2) is 0 Å². The second kappa shape index (κ2) is 9.55. The molecule has 2 unspecified atom stereocenters. The third-order valence-electron chi connectivity index (χ3n) is 3.19. The Hall–Kier alpha value is 0. The Morgan fingerprint density at radius 1 is 0.929 bits per heavy atom. The molecule has 0 heterocycles. The summed E-state index contributed by atoms with van der Waals surface area (Å²) in [4.78, 5) is 0. The first-order valence-corrected chi connectivity index (χ1v) is 6.53. The van der Waals surface area contributed by atoms with Gasteiger partial charge >= 0.3 is 0 Å². The molecule has 0 spiro atoms. The summed E-state index contributed by atoms with van der Waals surface area (Å²) in [6.45, 7) is 11.0. The lowest BCUT2D eigenvalue weighted by Crippen LogP contribution is -1.96. The second-order valence-electron chi connectivity index (χ2n) is 4.81. The van der Waals surface area contributed by atoms with Crippen molar-refractivity contribution in [3.8, 4) is 0 Å². The van der Waals surface area contributed by atoms with Gasteiger partial charge in [-0.2, -0.15) is 0 Å². The van der Waals surface area contributed by atoms with Crippen molar-refractivity contribution in [1.29, 1.82) is 0 Å². The molecule has 0 fully saturated rings. The highest BCUT2D eigenvalue weighted by Gasteiger charge is 2.02. The van der Waals surface area contributed by atoms with Crippen LogP contribution in [-0.4, -0.2) is 0 Å². The molecule has 0 N–H and O–H groups in total. The van der Waals surface area contributed by atoms with Gasteiger partial charge in [0.2, 0.25) is 0 Å². The molecule has 0 rings (SSSR count). The summed E-state index contributed by atoms with van der Waals surface area (Å²) in [7, 11) is 0. The molecule has 0 aliphatic carbocycles.